The molecule has 6 nitrogen and oxygen atoms in total. The molecular formula is C21H20F3N3O3. The number of halogens is 3. The van der Waals surface area contributed by atoms with Gasteiger partial charge in [0.2, 0.25) is 17.7 Å². The maximum atomic E-state index is 13.0. The fourth-order valence-corrected chi connectivity index (χ4v) is 2.69. The lowest BCUT2D eigenvalue weighted by molar-refractivity contribution is -0.137. The van der Waals surface area contributed by atoms with E-state index in [1.807, 2.05) is 31.2 Å². The van der Waals surface area contributed by atoms with Crippen molar-refractivity contribution in [2.24, 2.45) is 0 Å². The molecule has 2 aromatic carbocycles. The van der Waals surface area contributed by atoms with Crippen LogP contribution in [0.25, 0.3) is 11.5 Å². The maximum absolute atomic E-state index is 13.0. The van der Waals surface area contributed by atoms with Crippen molar-refractivity contribution in [1.82, 2.24) is 10.2 Å². The number of nitrogens with zero attached hydrogens (tertiary/aromatic N) is 2. The van der Waals surface area contributed by atoms with Crippen LogP contribution in [0.5, 0.6) is 5.75 Å². The molecule has 0 spiro atoms. The Bertz CT molecular complexity index is 1010. The zero-order valence-electron chi connectivity index (χ0n) is 16.4. The monoisotopic (exact) mass is 419 g/mol. The van der Waals surface area contributed by atoms with Crippen LogP contribution < -0.4 is 10.1 Å². The van der Waals surface area contributed by atoms with Gasteiger partial charge < -0.3 is 14.5 Å². The molecule has 1 N–H and O–H groups in total. The van der Waals surface area contributed by atoms with Gasteiger partial charge in [-0.25, -0.2) is 0 Å². The fourth-order valence-electron chi connectivity index (χ4n) is 2.69. The third kappa shape index (κ3) is 5.37. The minimum atomic E-state index is -4.53. The Balaban J connectivity index is 1.65. The number of amides is 1. The summed E-state index contributed by atoms with van der Waals surface area (Å²) in [4.78, 5) is 12.3. The molecule has 0 saturated carbocycles. The summed E-state index contributed by atoms with van der Waals surface area (Å²) in [5.41, 5.74) is 0.939. The van der Waals surface area contributed by atoms with Crippen molar-refractivity contribution in [3.8, 4) is 17.2 Å². The van der Waals surface area contributed by atoms with Crippen LogP contribution in [0.4, 0.5) is 18.9 Å². The van der Waals surface area contributed by atoms with Gasteiger partial charge >= 0.3 is 6.18 Å². The van der Waals surface area contributed by atoms with Crippen LogP contribution in [-0.4, -0.2) is 22.7 Å². The van der Waals surface area contributed by atoms with E-state index in [0.717, 1.165) is 23.3 Å². The molecule has 3 aromatic rings. The standard InChI is InChI=1S/C21H20F3N3O3/c1-3-29-17-9-8-15(21(22,23)24)12-16(17)25-18(28)10-11-19-26-27-20(30-19)14-6-4-13(2)5-7-14/h4-9,12H,3,10-11H2,1-2H3,(H,25,28). The average Bonchev–Trinajstić information content (AvgIpc) is 3.17. The van der Waals surface area contributed by atoms with E-state index in [4.69, 9.17) is 9.15 Å². The van der Waals surface area contributed by atoms with Crippen LogP contribution in [0.15, 0.2) is 46.9 Å². The van der Waals surface area contributed by atoms with Crippen LogP contribution in [0, 0.1) is 6.92 Å². The molecule has 0 radical (unpaired) electrons. The molecule has 0 unspecified atom stereocenters. The Morgan fingerprint density at radius 2 is 1.87 bits per heavy atom. The third-order valence-corrected chi connectivity index (χ3v) is 4.21. The van der Waals surface area contributed by atoms with Gasteiger partial charge in [-0.15, -0.1) is 10.2 Å². The predicted molar refractivity (Wildman–Crippen MR) is 104 cm³/mol. The van der Waals surface area contributed by atoms with Crippen molar-refractivity contribution in [3.63, 3.8) is 0 Å². The summed E-state index contributed by atoms with van der Waals surface area (Å²) in [7, 11) is 0. The molecule has 158 valence electrons. The van der Waals surface area contributed by atoms with Crippen molar-refractivity contribution >= 4 is 11.6 Å². The van der Waals surface area contributed by atoms with Gasteiger partial charge in [0.25, 0.3) is 0 Å². The average molecular weight is 419 g/mol. The number of benzene rings is 2. The number of ether oxygens (including phenoxy) is 1. The second-order valence-corrected chi connectivity index (χ2v) is 6.56. The van der Waals surface area contributed by atoms with Crippen LogP contribution in [0.2, 0.25) is 0 Å². The molecule has 1 aromatic heterocycles. The van der Waals surface area contributed by atoms with E-state index in [0.29, 0.717) is 5.89 Å². The summed E-state index contributed by atoms with van der Waals surface area (Å²) in [5.74, 6) is 0.264. The van der Waals surface area contributed by atoms with Gasteiger partial charge in [0.05, 0.1) is 17.9 Å². The van der Waals surface area contributed by atoms with Crippen molar-refractivity contribution in [2.75, 3.05) is 11.9 Å². The first-order valence-corrected chi connectivity index (χ1v) is 9.29. The summed E-state index contributed by atoms with van der Waals surface area (Å²) >= 11 is 0. The van der Waals surface area contributed by atoms with E-state index in [1.54, 1.807) is 6.92 Å². The number of carbonyl (C=O) groups excluding carboxylic acids is 1. The summed E-state index contributed by atoms with van der Waals surface area (Å²) in [6, 6.07) is 10.5. The lowest BCUT2D eigenvalue weighted by atomic mass is 10.1. The molecule has 0 bridgehead atoms. The number of nitrogens with one attached hydrogen (secondary N) is 1. The number of hydrogen-bond acceptors (Lipinski definition) is 5. The third-order valence-electron chi connectivity index (χ3n) is 4.21. The molecule has 0 aliphatic carbocycles. The summed E-state index contributed by atoms with van der Waals surface area (Å²) < 4.78 is 49.8. The largest absolute Gasteiger partial charge is 0.492 e. The van der Waals surface area contributed by atoms with Gasteiger partial charge in [-0.2, -0.15) is 13.2 Å². The fraction of sp³-hybridized carbons (Fsp3) is 0.286. The molecule has 0 fully saturated rings. The SMILES string of the molecule is CCOc1ccc(C(F)(F)F)cc1NC(=O)CCc1nnc(-c2ccc(C)cc2)o1. The minimum absolute atomic E-state index is 0.0393. The zero-order valence-corrected chi connectivity index (χ0v) is 16.4. The molecule has 30 heavy (non-hydrogen) atoms. The zero-order chi connectivity index (χ0) is 21.7. The smallest absolute Gasteiger partial charge is 0.416 e. The second kappa shape index (κ2) is 8.98. The molecule has 0 atom stereocenters. The van der Waals surface area contributed by atoms with E-state index in [-0.39, 0.29) is 36.8 Å². The molecular weight excluding hydrogens is 399 g/mol. The van der Waals surface area contributed by atoms with Crippen LogP contribution >= 0.6 is 0 Å². The predicted octanol–water partition coefficient (Wildman–Crippen LogP) is 5.03. The Labute approximate surface area is 171 Å². The first kappa shape index (κ1) is 21.4. The Morgan fingerprint density at radius 1 is 1.13 bits per heavy atom. The van der Waals surface area contributed by atoms with Crippen molar-refractivity contribution in [2.45, 2.75) is 32.9 Å². The first-order chi connectivity index (χ1) is 14.3. The normalized spacial score (nSPS) is 11.4. The first-order valence-electron chi connectivity index (χ1n) is 9.29. The van der Waals surface area contributed by atoms with Gasteiger partial charge in [0.1, 0.15) is 5.75 Å². The highest BCUT2D eigenvalue weighted by molar-refractivity contribution is 5.92. The van der Waals surface area contributed by atoms with Gasteiger partial charge in [-0.3, -0.25) is 4.79 Å². The molecule has 9 heteroatoms. The number of rotatable bonds is 7. The summed E-state index contributed by atoms with van der Waals surface area (Å²) in [6.07, 6.45) is -4.43. The molecule has 0 aliphatic heterocycles. The highest BCUT2D eigenvalue weighted by Crippen LogP contribution is 2.35. The van der Waals surface area contributed by atoms with E-state index in [1.165, 1.54) is 6.07 Å². The topological polar surface area (TPSA) is 77.2 Å². The van der Waals surface area contributed by atoms with Crippen LogP contribution in [-0.2, 0) is 17.4 Å². The van der Waals surface area contributed by atoms with Gasteiger partial charge in [0, 0.05) is 18.4 Å². The summed E-state index contributed by atoms with van der Waals surface area (Å²) in [5, 5.41) is 10.3. The number of anilines is 1. The number of hydrogen-bond donors (Lipinski definition) is 1. The lowest BCUT2D eigenvalue weighted by Gasteiger charge is -2.14. The molecule has 1 heterocycles. The highest BCUT2D eigenvalue weighted by Gasteiger charge is 2.31. The van der Waals surface area contributed by atoms with E-state index in [9.17, 15) is 18.0 Å². The number of alkyl halides is 3. The molecule has 0 saturated heterocycles. The van der Waals surface area contributed by atoms with Crippen LogP contribution in [0.3, 0.4) is 0 Å². The van der Waals surface area contributed by atoms with Crippen molar-refractivity contribution < 1.29 is 27.1 Å². The number of carbonyl (C=O) groups is 1. The number of aromatic nitrogens is 2. The number of aryl methyl sites for hydroxylation is 2. The quantitative estimate of drug-likeness (QED) is 0.581. The summed E-state index contributed by atoms with van der Waals surface area (Å²) in [6.45, 7) is 3.91. The minimum Gasteiger partial charge on any atom is -0.492 e. The highest BCUT2D eigenvalue weighted by atomic mass is 19.4. The van der Waals surface area contributed by atoms with E-state index >= 15 is 0 Å². The Hall–Kier alpha value is -3.36. The molecule has 1 amide bonds. The van der Waals surface area contributed by atoms with Crippen LogP contribution in [0.1, 0.15) is 30.4 Å². The van der Waals surface area contributed by atoms with E-state index in [2.05, 4.69) is 15.5 Å². The second-order valence-electron chi connectivity index (χ2n) is 6.56. The van der Waals surface area contributed by atoms with Gasteiger partial charge in [-0.05, 0) is 44.2 Å². The van der Waals surface area contributed by atoms with Crippen molar-refractivity contribution in [3.05, 3.63) is 59.5 Å². The van der Waals surface area contributed by atoms with Gasteiger partial charge in [0.15, 0.2) is 0 Å². The Morgan fingerprint density at radius 3 is 2.53 bits per heavy atom. The maximum Gasteiger partial charge on any atom is 0.416 e. The van der Waals surface area contributed by atoms with Gasteiger partial charge in [-0.1, -0.05) is 17.7 Å². The van der Waals surface area contributed by atoms with Crippen molar-refractivity contribution in [1.29, 1.82) is 0 Å². The van der Waals surface area contributed by atoms with E-state index < -0.39 is 17.6 Å². The lowest BCUT2D eigenvalue weighted by Crippen LogP contribution is -2.15. The molecule has 3 rings (SSSR count). The Kier molecular flexibility index (Phi) is 6.39. The molecule has 0 aliphatic rings.